The van der Waals surface area contributed by atoms with Crippen molar-refractivity contribution in [3.63, 3.8) is 0 Å². The van der Waals surface area contributed by atoms with E-state index in [9.17, 15) is 19.2 Å². The molecule has 13 heteroatoms. The Morgan fingerprint density at radius 3 is 1.97 bits per heavy atom. The Bertz CT molecular complexity index is 1250. The Balaban J connectivity index is 1.82. The number of hydrogen-bond donors (Lipinski definition) is 1. The average molecular weight is 660 g/mol. The third-order valence-electron chi connectivity index (χ3n) is 5.37. The molecule has 0 saturated heterocycles. The van der Waals surface area contributed by atoms with Crippen LogP contribution in [0.2, 0.25) is 25.1 Å². The van der Waals surface area contributed by atoms with Crippen LogP contribution >= 0.6 is 73.9 Å². The van der Waals surface area contributed by atoms with Gasteiger partial charge >= 0.3 is 5.97 Å². The summed E-state index contributed by atoms with van der Waals surface area (Å²) in [6, 6.07) is 1.95. The van der Waals surface area contributed by atoms with Crippen LogP contribution in [0.4, 0.5) is 5.69 Å². The molecule has 3 amide bonds. The fourth-order valence-electron chi connectivity index (χ4n) is 3.61. The van der Waals surface area contributed by atoms with Crippen LogP contribution in [0.15, 0.2) is 16.6 Å². The fourth-order valence-corrected chi connectivity index (χ4v) is 5.22. The van der Waals surface area contributed by atoms with E-state index < -0.39 is 36.3 Å². The van der Waals surface area contributed by atoms with Gasteiger partial charge in [-0.25, -0.2) is 4.79 Å². The molecule has 192 valence electrons. The third kappa shape index (κ3) is 5.49. The molecule has 0 aromatic heterocycles. The topological polar surface area (TPSA) is 92.8 Å². The van der Waals surface area contributed by atoms with E-state index in [4.69, 9.17) is 62.7 Å². The molecule has 0 unspecified atom stereocenters. The molecule has 1 aliphatic rings. The first-order valence-corrected chi connectivity index (χ1v) is 13.1. The van der Waals surface area contributed by atoms with Gasteiger partial charge in [0.2, 0.25) is 0 Å². The lowest BCUT2D eigenvalue weighted by Crippen LogP contribution is -2.47. The van der Waals surface area contributed by atoms with Gasteiger partial charge in [-0.05, 0) is 52.9 Å². The number of amides is 3. The lowest BCUT2D eigenvalue weighted by molar-refractivity contribution is -0.151. The predicted molar refractivity (Wildman–Crippen MR) is 144 cm³/mol. The van der Waals surface area contributed by atoms with Gasteiger partial charge in [-0.1, -0.05) is 71.9 Å². The molecule has 36 heavy (non-hydrogen) atoms. The number of nitrogens with one attached hydrogen (secondary N) is 1. The summed E-state index contributed by atoms with van der Waals surface area (Å²) in [5.41, 5.74) is 0.549. The van der Waals surface area contributed by atoms with Gasteiger partial charge < -0.3 is 10.1 Å². The maximum Gasteiger partial charge on any atom is 0.329 e. The number of rotatable bonds is 7. The number of anilines is 1. The summed E-state index contributed by atoms with van der Waals surface area (Å²) in [5.74, 6) is -3.46. The number of esters is 1. The Hall–Kier alpha value is -1.55. The summed E-state index contributed by atoms with van der Waals surface area (Å²) in [6.45, 7) is 4.63. The molecule has 1 aliphatic heterocycles. The minimum Gasteiger partial charge on any atom is -0.454 e. The molecule has 7 nitrogen and oxygen atoms in total. The van der Waals surface area contributed by atoms with Crippen LogP contribution in [0, 0.1) is 12.8 Å². The van der Waals surface area contributed by atoms with E-state index in [0.717, 1.165) is 0 Å². The second-order valence-corrected chi connectivity index (χ2v) is 11.1. The molecular weight excluding hydrogens is 641 g/mol. The summed E-state index contributed by atoms with van der Waals surface area (Å²) >= 11 is 34.0. The molecular formula is C23H18BrCl5N2O5. The van der Waals surface area contributed by atoms with Gasteiger partial charge in [0.15, 0.2) is 6.61 Å². The molecule has 1 heterocycles. The van der Waals surface area contributed by atoms with Crippen LogP contribution in [0.1, 0.15) is 46.5 Å². The van der Waals surface area contributed by atoms with Crippen LogP contribution in [0.5, 0.6) is 0 Å². The minimum atomic E-state index is -1.35. The lowest BCUT2D eigenvalue weighted by atomic mass is 10.0. The Morgan fingerprint density at radius 2 is 1.47 bits per heavy atom. The van der Waals surface area contributed by atoms with Crippen LogP contribution in [-0.4, -0.2) is 41.2 Å². The first-order valence-electron chi connectivity index (χ1n) is 10.4. The van der Waals surface area contributed by atoms with Crippen molar-refractivity contribution in [2.75, 3.05) is 11.9 Å². The van der Waals surface area contributed by atoms with E-state index in [1.54, 1.807) is 32.9 Å². The molecule has 1 N–H and O–H groups in total. The molecule has 0 radical (unpaired) electrons. The highest BCUT2D eigenvalue weighted by molar-refractivity contribution is 9.10. The number of nitrogens with zero attached hydrogens (tertiary/aromatic N) is 1. The Morgan fingerprint density at radius 1 is 0.944 bits per heavy atom. The first kappa shape index (κ1) is 29.0. The Labute approximate surface area is 240 Å². The van der Waals surface area contributed by atoms with Crippen LogP contribution in [-0.2, 0) is 14.3 Å². The summed E-state index contributed by atoms with van der Waals surface area (Å²) in [7, 11) is 0. The number of ether oxygens (including phenoxy) is 1. The van der Waals surface area contributed by atoms with Gasteiger partial charge in [0.25, 0.3) is 17.7 Å². The Kier molecular flexibility index (Phi) is 9.23. The first-order chi connectivity index (χ1) is 16.8. The van der Waals surface area contributed by atoms with Crippen molar-refractivity contribution in [1.29, 1.82) is 0 Å². The number of imide groups is 1. The van der Waals surface area contributed by atoms with Crippen molar-refractivity contribution in [3.05, 3.63) is 58.4 Å². The molecule has 0 saturated carbocycles. The normalized spacial score (nSPS) is 13.8. The predicted octanol–water partition coefficient (Wildman–Crippen LogP) is 7.22. The quantitative estimate of drug-likeness (QED) is 0.147. The van der Waals surface area contributed by atoms with E-state index in [0.29, 0.717) is 25.6 Å². The van der Waals surface area contributed by atoms with Crippen LogP contribution in [0.3, 0.4) is 0 Å². The van der Waals surface area contributed by atoms with Crippen molar-refractivity contribution >= 4 is 103 Å². The SMILES string of the molecule is Cc1c(NC(=O)COC(=O)[C@@H](CC(C)C)N2C(=O)c3c(Cl)c(Cl)c(Cl)c(Cl)c3C2=O)ccc(Br)c1Cl. The zero-order chi connectivity index (χ0) is 27.1. The number of halogens is 6. The summed E-state index contributed by atoms with van der Waals surface area (Å²) in [6.07, 6.45) is 0.0596. The van der Waals surface area contributed by atoms with Crippen molar-refractivity contribution < 1.29 is 23.9 Å². The minimum absolute atomic E-state index is 0.0596. The van der Waals surface area contributed by atoms with Gasteiger partial charge in [0.05, 0.1) is 36.2 Å². The van der Waals surface area contributed by atoms with E-state index in [2.05, 4.69) is 21.2 Å². The summed E-state index contributed by atoms with van der Waals surface area (Å²) < 4.78 is 5.85. The largest absolute Gasteiger partial charge is 0.454 e. The van der Waals surface area contributed by atoms with Crippen molar-refractivity contribution in [3.8, 4) is 0 Å². The zero-order valence-electron chi connectivity index (χ0n) is 19.0. The number of carbonyl (C=O) groups is 4. The highest BCUT2D eigenvalue weighted by atomic mass is 79.9. The van der Waals surface area contributed by atoms with E-state index in [-0.39, 0.29) is 43.6 Å². The lowest BCUT2D eigenvalue weighted by Gasteiger charge is -2.26. The van der Waals surface area contributed by atoms with Gasteiger partial charge in [0.1, 0.15) is 6.04 Å². The second kappa shape index (κ2) is 11.5. The second-order valence-electron chi connectivity index (χ2n) is 8.32. The average Bonchev–Trinajstić information content (AvgIpc) is 3.08. The van der Waals surface area contributed by atoms with E-state index in [1.807, 2.05) is 0 Å². The van der Waals surface area contributed by atoms with E-state index in [1.165, 1.54) is 0 Å². The summed E-state index contributed by atoms with van der Waals surface area (Å²) in [5, 5.41) is 2.16. The van der Waals surface area contributed by atoms with Crippen LogP contribution < -0.4 is 5.32 Å². The molecule has 0 aliphatic carbocycles. The van der Waals surface area contributed by atoms with E-state index >= 15 is 0 Å². The highest BCUT2D eigenvalue weighted by Gasteiger charge is 2.47. The molecule has 2 aromatic carbocycles. The third-order valence-corrected chi connectivity index (χ3v) is 8.55. The van der Waals surface area contributed by atoms with Crippen molar-refractivity contribution in [1.82, 2.24) is 4.90 Å². The number of benzene rings is 2. The van der Waals surface area contributed by atoms with Crippen LogP contribution in [0.25, 0.3) is 0 Å². The fraction of sp³-hybridized carbons (Fsp3) is 0.304. The van der Waals surface area contributed by atoms with Crippen molar-refractivity contribution in [2.24, 2.45) is 5.92 Å². The zero-order valence-corrected chi connectivity index (χ0v) is 24.3. The maximum atomic E-state index is 13.2. The number of fused-ring (bicyclic) bond motifs is 1. The maximum absolute atomic E-state index is 13.2. The van der Waals surface area contributed by atoms with Crippen molar-refractivity contribution in [2.45, 2.75) is 33.2 Å². The smallest absolute Gasteiger partial charge is 0.329 e. The van der Waals surface area contributed by atoms with Gasteiger partial charge in [0, 0.05) is 10.2 Å². The molecule has 1 atom stereocenters. The molecule has 0 bridgehead atoms. The van der Waals surface area contributed by atoms with Gasteiger partial charge in [-0.3, -0.25) is 19.3 Å². The highest BCUT2D eigenvalue weighted by Crippen LogP contribution is 2.45. The summed E-state index contributed by atoms with van der Waals surface area (Å²) in [4.78, 5) is 52.6. The molecule has 2 aromatic rings. The van der Waals surface area contributed by atoms with Gasteiger partial charge in [-0.2, -0.15) is 0 Å². The standard InChI is InChI=1S/C23H18BrCl5N2O5/c1-8(2)6-12(23(35)36-7-13(32)30-11-5-4-10(24)16(25)9(11)3)31-21(33)14-15(22(31)34)18(27)20(29)19(28)17(14)26/h4-5,8,12H,6-7H2,1-3H3,(H,30,32)/t12-/m1/s1. The molecule has 0 spiro atoms. The number of hydrogen-bond acceptors (Lipinski definition) is 5. The molecule has 0 fully saturated rings. The number of carbonyl (C=O) groups excluding carboxylic acids is 4. The molecule has 3 rings (SSSR count). The van der Waals surface area contributed by atoms with Gasteiger partial charge in [-0.15, -0.1) is 0 Å². The monoisotopic (exact) mass is 656 g/mol.